The third kappa shape index (κ3) is 3.04. The summed E-state index contributed by atoms with van der Waals surface area (Å²) in [5.41, 5.74) is 1.12. The molecule has 1 aromatic heterocycles. The molecule has 0 fully saturated rings. The highest BCUT2D eigenvalue weighted by molar-refractivity contribution is 9.10. The summed E-state index contributed by atoms with van der Waals surface area (Å²) in [5, 5.41) is 0.196. The summed E-state index contributed by atoms with van der Waals surface area (Å²) < 4.78 is 27.1. The second kappa shape index (κ2) is 5.97. The number of hydrogen-bond acceptors (Lipinski definition) is 2. The number of ketones is 1. The first-order valence-electron chi connectivity index (χ1n) is 5.68. The second-order valence-electron chi connectivity index (χ2n) is 4.22. The molecule has 0 aliphatic rings. The van der Waals surface area contributed by atoms with E-state index < -0.39 is 17.4 Å². The molecule has 0 amide bonds. The molecule has 0 N–H and O–H groups in total. The third-order valence-electron chi connectivity index (χ3n) is 2.92. The van der Waals surface area contributed by atoms with Crippen LogP contribution in [0.15, 0.2) is 28.9 Å². The number of hydrogen-bond donors (Lipinski definition) is 0. The van der Waals surface area contributed by atoms with Crippen molar-refractivity contribution in [3.8, 4) is 0 Å². The number of benzene rings is 1. The predicted octanol–water partition coefficient (Wildman–Crippen LogP) is 4.51. The van der Waals surface area contributed by atoms with Crippen molar-refractivity contribution < 1.29 is 13.6 Å². The Balaban J connectivity index is 2.35. The van der Waals surface area contributed by atoms with E-state index in [1.807, 2.05) is 0 Å². The van der Waals surface area contributed by atoms with Crippen LogP contribution >= 0.6 is 27.5 Å². The standard InChI is InChI=1S/C14H9BrClF2NO/c1-7-10(14(16)19-6-11(7)15)5-13(20)9-3-2-8(17)4-12(9)18/h2-4,6H,5H2,1H3. The van der Waals surface area contributed by atoms with Gasteiger partial charge in [0, 0.05) is 28.7 Å². The van der Waals surface area contributed by atoms with Crippen LogP contribution in [0.1, 0.15) is 21.5 Å². The van der Waals surface area contributed by atoms with E-state index in [-0.39, 0.29) is 17.1 Å². The molecule has 2 nitrogen and oxygen atoms in total. The Morgan fingerprint density at radius 3 is 2.75 bits per heavy atom. The number of rotatable bonds is 3. The largest absolute Gasteiger partial charge is 0.294 e. The Labute approximate surface area is 127 Å². The molecule has 20 heavy (non-hydrogen) atoms. The average Bonchev–Trinajstić information content (AvgIpc) is 2.39. The Kier molecular flexibility index (Phi) is 4.50. The van der Waals surface area contributed by atoms with Crippen LogP contribution in [0.2, 0.25) is 5.15 Å². The normalized spacial score (nSPS) is 10.7. The van der Waals surface area contributed by atoms with Crippen LogP contribution in [-0.2, 0) is 6.42 Å². The first-order chi connectivity index (χ1) is 9.40. The maximum atomic E-state index is 13.6. The zero-order valence-electron chi connectivity index (χ0n) is 10.4. The van der Waals surface area contributed by atoms with Gasteiger partial charge in [-0.15, -0.1) is 0 Å². The Hall–Kier alpha value is -1.33. The number of carbonyl (C=O) groups is 1. The van der Waals surface area contributed by atoms with Crippen molar-refractivity contribution in [2.24, 2.45) is 0 Å². The predicted molar refractivity (Wildman–Crippen MR) is 76.1 cm³/mol. The number of pyridine rings is 1. The van der Waals surface area contributed by atoms with E-state index in [0.717, 1.165) is 17.7 Å². The highest BCUT2D eigenvalue weighted by atomic mass is 79.9. The SMILES string of the molecule is Cc1c(Br)cnc(Cl)c1CC(=O)c1ccc(F)cc1F. The monoisotopic (exact) mass is 359 g/mol. The minimum Gasteiger partial charge on any atom is -0.294 e. The number of halogens is 4. The van der Waals surface area contributed by atoms with Crippen LogP contribution in [0.25, 0.3) is 0 Å². The molecule has 1 heterocycles. The first kappa shape index (κ1) is 15.1. The van der Waals surface area contributed by atoms with Crippen molar-refractivity contribution in [2.45, 2.75) is 13.3 Å². The minimum atomic E-state index is -0.883. The lowest BCUT2D eigenvalue weighted by Crippen LogP contribution is -2.09. The molecule has 1 aromatic carbocycles. The van der Waals surface area contributed by atoms with Gasteiger partial charge in [0.1, 0.15) is 16.8 Å². The van der Waals surface area contributed by atoms with Crippen LogP contribution < -0.4 is 0 Å². The summed E-state index contributed by atoms with van der Waals surface area (Å²) in [6.07, 6.45) is 1.43. The summed E-state index contributed by atoms with van der Waals surface area (Å²) in [5.74, 6) is -2.09. The molecule has 0 aliphatic carbocycles. The molecule has 0 saturated heterocycles. The Morgan fingerprint density at radius 1 is 1.40 bits per heavy atom. The van der Waals surface area contributed by atoms with E-state index in [1.165, 1.54) is 6.20 Å². The van der Waals surface area contributed by atoms with Gasteiger partial charge in [-0.05, 0) is 40.5 Å². The topological polar surface area (TPSA) is 30.0 Å². The molecule has 0 atom stereocenters. The van der Waals surface area contributed by atoms with Gasteiger partial charge in [0.25, 0.3) is 0 Å². The van der Waals surface area contributed by atoms with Crippen molar-refractivity contribution >= 4 is 33.3 Å². The fourth-order valence-electron chi connectivity index (χ4n) is 1.76. The molecule has 0 radical (unpaired) electrons. The summed E-state index contributed by atoms with van der Waals surface area (Å²) >= 11 is 9.25. The maximum Gasteiger partial charge on any atom is 0.170 e. The number of nitrogens with zero attached hydrogens (tertiary/aromatic N) is 1. The molecule has 0 unspecified atom stereocenters. The highest BCUT2D eigenvalue weighted by Gasteiger charge is 2.17. The lowest BCUT2D eigenvalue weighted by molar-refractivity contribution is 0.0988. The molecule has 0 bridgehead atoms. The minimum absolute atomic E-state index is 0.0976. The van der Waals surface area contributed by atoms with E-state index in [0.29, 0.717) is 16.1 Å². The second-order valence-corrected chi connectivity index (χ2v) is 5.44. The van der Waals surface area contributed by atoms with Gasteiger partial charge in [-0.1, -0.05) is 11.6 Å². The van der Waals surface area contributed by atoms with Gasteiger partial charge in [0.15, 0.2) is 5.78 Å². The highest BCUT2D eigenvalue weighted by Crippen LogP contribution is 2.26. The van der Waals surface area contributed by atoms with Crippen molar-refractivity contribution in [1.82, 2.24) is 4.98 Å². The van der Waals surface area contributed by atoms with Crippen LogP contribution in [0.4, 0.5) is 8.78 Å². The molecular formula is C14H9BrClF2NO. The van der Waals surface area contributed by atoms with Gasteiger partial charge >= 0.3 is 0 Å². The average molecular weight is 361 g/mol. The van der Waals surface area contributed by atoms with E-state index in [9.17, 15) is 13.6 Å². The summed E-state index contributed by atoms with van der Waals surface area (Å²) in [4.78, 5) is 16.0. The molecular weight excluding hydrogens is 352 g/mol. The maximum absolute atomic E-state index is 13.6. The molecule has 0 spiro atoms. The summed E-state index contributed by atoms with van der Waals surface area (Å²) in [6.45, 7) is 1.78. The summed E-state index contributed by atoms with van der Waals surface area (Å²) in [7, 11) is 0. The van der Waals surface area contributed by atoms with Crippen LogP contribution in [0, 0.1) is 18.6 Å². The van der Waals surface area contributed by atoms with Crippen molar-refractivity contribution in [1.29, 1.82) is 0 Å². The molecule has 2 rings (SSSR count). The van der Waals surface area contributed by atoms with Crippen molar-refractivity contribution in [3.63, 3.8) is 0 Å². The van der Waals surface area contributed by atoms with Gasteiger partial charge in [0.05, 0.1) is 5.56 Å². The van der Waals surface area contributed by atoms with Gasteiger partial charge in [-0.2, -0.15) is 0 Å². The van der Waals surface area contributed by atoms with Crippen LogP contribution in [0.3, 0.4) is 0 Å². The molecule has 104 valence electrons. The molecule has 0 aliphatic heterocycles. The zero-order chi connectivity index (χ0) is 14.9. The van der Waals surface area contributed by atoms with Gasteiger partial charge in [-0.25, -0.2) is 13.8 Å². The Morgan fingerprint density at radius 2 is 2.10 bits per heavy atom. The zero-order valence-corrected chi connectivity index (χ0v) is 12.7. The molecule has 0 saturated carbocycles. The lowest BCUT2D eigenvalue weighted by Gasteiger charge is -2.09. The fraction of sp³-hybridized carbons (Fsp3) is 0.143. The van der Waals surface area contributed by atoms with Crippen LogP contribution in [0.5, 0.6) is 0 Å². The van der Waals surface area contributed by atoms with E-state index in [1.54, 1.807) is 6.92 Å². The smallest absolute Gasteiger partial charge is 0.170 e. The van der Waals surface area contributed by atoms with Gasteiger partial charge in [-0.3, -0.25) is 4.79 Å². The van der Waals surface area contributed by atoms with Crippen molar-refractivity contribution in [2.75, 3.05) is 0 Å². The number of carbonyl (C=O) groups excluding carboxylic acids is 1. The van der Waals surface area contributed by atoms with Crippen molar-refractivity contribution in [3.05, 3.63) is 62.3 Å². The Bertz CT molecular complexity index is 691. The van der Waals surface area contributed by atoms with E-state index in [2.05, 4.69) is 20.9 Å². The first-order valence-corrected chi connectivity index (χ1v) is 6.85. The van der Waals surface area contributed by atoms with Crippen LogP contribution in [-0.4, -0.2) is 10.8 Å². The van der Waals surface area contributed by atoms with Gasteiger partial charge < -0.3 is 0 Å². The number of Topliss-reactive ketones (excluding diaryl/α,β-unsaturated/α-hetero) is 1. The van der Waals surface area contributed by atoms with E-state index >= 15 is 0 Å². The molecule has 2 aromatic rings. The van der Waals surface area contributed by atoms with E-state index in [4.69, 9.17) is 11.6 Å². The van der Waals surface area contributed by atoms with Gasteiger partial charge in [0.2, 0.25) is 0 Å². The summed E-state index contributed by atoms with van der Waals surface area (Å²) in [6, 6.07) is 2.85. The number of aromatic nitrogens is 1. The fourth-order valence-corrected chi connectivity index (χ4v) is 2.36. The quantitative estimate of drug-likeness (QED) is 0.595. The third-order valence-corrected chi connectivity index (χ3v) is 4.05. The lowest BCUT2D eigenvalue weighted by atomic mass is 10.0. The molecule has 6 heteroatoms.